The SMILES string of the molecule is OC1CN(Cc2ccco2)CCN(c2nnnn2-c2ccccc2)C1. The predicted octanol–water partition coefficient (Wildman–Crippen LogP) is 0.938. The van der Waals surface area contributed by atoms with Crippen LogP contribution in [0.5, 0.6) is 0 Å². The largest absolute Gasteiger partial charge is 0.468 e. The van der Waals surface area contributed by atoms with Crippen LogP contribution in [-0.4, -0.2) is 62.5 Å². The van der Waals surface area contributed by atoms with E-state index in [1.807, 2.05) is 47.4 Å². The van der Waals surface area contributed by atoms with Gasteiger partial charge in [0.25, 0.3) is 5.95 Å². The first-order valence-electron chi connectivity index (χ1n) is 8.31. The maximum atomic E-state index is 10.4. The highest BCUT2D eigenvalue weighted by atomic mass is 16.3. The second-order valence-corrected chi connectivity index (χ2v) is 6.14. The molecule has 4 rings (SSSR count). The second kappa shape index (κ2) is 7.04. The van der Waals surface area contributed by atoms with E-state index in [2.05, 4.69) is 20.4 Å². The van der Waals surface area contributed by atoms with Crippen molar-refractivity contribution in [2.24, 2.45) is 0 Å². The number of hydrogen-bond donors (Lipinski definition) is 1. The average Bonchev–Trinajstić information content (AvgIpc) is 3.27. The van der Waals surface area contributed by atoms with Gasteiger partial charge in [-0.3, -0.25) is 4.90 Å². The van der Waals surface area contributed by atoms with E-state index in [0.29, 0.717) is 25.6 Å². The van der Waals surface area contributed by atoms with Gasteiger partial charge in [0.15, 0.2) is 0 Å². The van der Waals surface area contributed by atoms with Crippen LogP contribution in [0.15, 0.2) is 53.1 Å². The van der Waals surface area contributed by atoms with Gasteiger partial charge in [-0.15, -0.1) is 0 Å². The Morgan fingerprint density at radius 2 is 1.96 bits per heavy atom. The van der Waals surface area contributed by atoms with Crippen molar-refractivity contribution in [2.45, 2.75) is 12.6 Å². The molecule has 1 N–H and O–H groups in total. The molecule has 2 aromatic heterocycles. The van der Waals surface area contributed by atoms with E-state index in [0.717, 1.165) is 24.5 Å². The monoisotopic (exact) mass is 340 g/mol. The molecule has 1 aliphatic heterocycles. The lowest BCUT2D eigenvalue weighted by Gasteiger charge is -2.22. The van der Waals surface area contributed by atoms with Gasteiger partial charge in [-0.25, -0.2) is 0 Å². The van der Waals surface area contributed by atoms with Crippen molar-refractivity contribution in [3.05, 3.63) is 54.5 Å². The number of nitrogens with zero attached hydrogens (tertiary/aromatic N) is 6. The molecule has 8 nitrogen and oxygen atoms in total. The first-order valence-corrected chi connectivity index (χ1v) is 8.31. The lowest BCUT2D eigenvalue weighted by atomic mass is 10.3. The Bertz CT molecular complexity index is 789. The summed E-state index contributed by atoms with van der Waals surface area (Å²) in [7, 11) is 0. The van der Waals surface area contributed by atoms with Crippen LogP contribution in [0.2, 0.25) is 0 Å². The molecule has 0 aliphatic carbocycles. The lowest BCUT2D eigenvalue weighted by Crippen LogP contribution is -2.34. The van der Waals surface area contributed by atoms with Gasteiger partial charge in [-0.1, -0.05) is 23.3 Å². The van der Waals surface area contributed by atoms with E-state index in [1.54, 1.807) is 10.9 Å². The van der Waals surface area contributed by atoms with Gasteiger partial charge in [0.05, 0.1) is 24.6 Å². The number of para-hydroxylation sites is 1. The number of β-amino-alcohol motifs (C(OH)–C–C–N with tert-alkyl or cyclic N) is 1. The van der Waals surface area contributed by atoms with Crippen LogP contribution < -0.4 is 4.90 Å². The topological polar surface area (TPSA) is 83.4 Å². The highest BCUT2D eigenvalue weighted by Crippen LogP contribution is 2.18. The highest BCUT2D eigenvalue weighted by Gasteiger charge is 2.25. The molecule has 0 radical (unpaired) electrons. The minimum atomic E-state index is -0.488. The highest BCUT2D eigenvalue weighted by molar-refractivity contribution is 5.40. The van der Waals surface area contributed by atoms with Gasteiger partial charge in [0.1, 0.15) is 5.76 Å². The van der Waals surface area contributed by atoms with Gasteiger partial charge >= 0.3 is 0 Å². The average molecular weight is 340 g/mol. The second-order valence-electron chi connectivity index (χ2n) is 6.14. The molecular weight excluding hydrogens is 320 g/mol. The van der Waals surface area contributed by atoms with Gasteiger partial charge < -0.3 is 14.4 Å². The third kappa shape index (κ3) is 3.54. The number of tetrazole rings is 1. The van der Waals surface area contributed by atoms with Crippen molar-refractivity contribution in [2.75, 3.05) is 31.1 Å². The van der Waals surface area contributed by atoms with E-state index in [9.17, 15) is 5.11 Å². The van der Waals surface area contributed by atoms with Crippen LogP contribution >= 0.6 is 0 Å². The molecular formula is C17H20N6O2. The standard InChI is InChI=1S/C17H20N6O2/c24-15-11-21(13-16-7-4-10-25-16)8-9-22(12-15)17-18-19-20-23(17)14-5-2-1-3-6-14/h1-7,10,15,24H,8-9,11-13H2. The molecule has 1 aliphatic rings. The maximum Gasteiger partial charge on any atom is 0.250 e. The third-order valence-electron chi connectivity index (χ3n) is 4.28. The van der Waals surface area contributed by atoms with E-state index < -0.39 is 6.10 Å². The summed E-state index contributed by atoms with van der Waals surface area (Å²) in [5.41, 5.74) is 0.897. The number of benzene rings is 1. The van der Waals surface area contributed by atoms with Crippen LogP contribution in [0.1, 0.15) is 5.76 Å². The molecule has 1 fully saturated rings. The summed E-state index contributed by atoms with van der Waals surface area (Å²) in [5, 5.41) is 22.5. The van der Waals surface area contributed by atoms with Crippen molar-refractivity contribution < 1.29 is 9.52 Å². The molecule has 3 aromatic rings. The lowest BCUT2D eigenvalue weighted by molar-refractivity contribution is 0.125. The summed E-state index contributed by atoms with van der Waals surface area (Å²) < 4.78 is 7.12. The first kappa shape index (κ1) is 15.8. The van der Waals surface area contributed by atoms with Crippen molar-refractivity contribution in [1.82, 2.24) is 25.1 Å². The smallest absolute Gasteiger partial charge is 0.250 e. The Morgan fingerprint density at radius 3 is 2.76 bits per heavy atom. The number of aliphatic hydroxyl groups is 1. The zero-order chi connectivity index (χ0) is 17.1. The molecule has 0 amide bonds. The Kier molecular flexibility index (Phi) is 4.45. The number of anilines is 1. The fourth-order valence-corrected chi connectivity index (χ4v) is 3.12. The first-order chi connectivity index (χ1) is 12.3. The Labute approximate surface area is 145 Å². The molecule has 1 aromatic carbocycles. The number of aromatic nitrogens is 4. The molecule has 0 saturated carbocycles. The van der Waals surface area contributed by atoms with Crippen LogP contribution in [0, 0.1) is 0 Å². The van der Waals surface area contributed by atoms with Gasteiger partial charge in [0.2, 0.25) is 0 Å². The van der Waals surface area contributed by atoms with Crippen LogP contribution in [-0.2, 0) is 6.54 Å². The van der Waals surface area contributed by atoms with Crippen molar-refractivity contribution >= 4 is 5.95 Å². The summed E-state index contributed by atoms with van der Waals surface area (Å²) >= 11 is 0. The molecule has 0 bridgehead atoms. The molecule has 0 spiro atoms. The summed E-state index contributed by atoms with van der Waals surface area (Å²) in [6.07, 6.45) is 1.18. The quantitative estimate of drug-likeness (QED) is 0.757. The molecule has 130 valence electrons. The fraction of sp³-hybridized carbons (Fsp3) is 0.353. The summed E-state index contributed by atoms with van der Waals surface area (Å²) in [5.74, 6) is 1.54. The maximum absolute atomic E-state index is 10.4. The Hall–Kier alpha value is -2.71. The number of hydrogen-bond acceptors (Lipinski definition) is 7. The molecule has 3 heterocycles. The van der Waals surface area contributed by atoms with E-state index in [1.165, 1.54) is 0 Å². The predicted molar refractivity (Wildman–Crippen MR) is 91.4 cm³/mol. The van der Waals surface area contributed by atoms with E-state index >= 15 is 0 Å². The minimum absolute atomic E-state index is 0.488. The molecule has 1 unspecified atom stereocenters. The van der Waals surface area contributed by atoms with Gasteiger partial charge in [0, 0.05) is 26.2 Å². The van der Waals surface area contributed by atoms with Crippen molar-refractivity contribution in [3.8, 4) is 5.69 Å². The Morgan fingerprint density at radius 1 is 1.08 bits per heavy atom. The van der Waals surface area contributed by atoms with E-state index in [4.69, 9.17) is 4.42 Å². The zero-order valence-electron chi connectivity index (χ0n) is 13.8. The molecule has 1 saturated heterocycles. The number of furan rings is 1. The fourth-order valence-electron chi connectivity index (χ4n) is 3.12. The molecule has 1 atom stereocenters. The van der Waals surface area contributed by atoms with Gasteiger partial charge in [-0.05, 0) is 34.7 Å². The van der Waals surface area contributed by atoms with Crippen LogP contribution in [0.4, 0.5) is 5.95 Å². The normalized spacial score (nSPS) is 19.1. The van der Waals surface area contributed by atoms with Crippen molar-refractivity contribution in [1.29, 1.82) is 0 Å². The summed E-state index contributed by atoms with van der Waals surface area (Å²) in [6, 6.07) is 13.6. The third-order valence-corrected chi connectivity index (χ3v) is 4.28. The van der Waals surface area contributed by atoms with Crippen LogP contribution in [0.3, 0.4) is 0 Å². The number of aliphatic hydroxyl groups excluding tert-OH is 1. The van der Waals surface area contributed by atoms with Crippen molar-refractivity contribution in [3.63, 3.8) is 0 Å². The van der Waals surface area contributed by atoms with E-state index in [-0.39, 0.29) is 0 Å². The number of rotatable bonds is 4. The molecule has 25 heavy (non-hydrogen) atoms. The minimum Gasteiger partial charge on any atom is -0.468 e. The van der Waals surface area contributed by atoms with Crippen LogP contribution in [0.25, 0.3) is 5.69 Å². The Balaban J connectivity index is 1.51. The molecule has 8 heteroatoms. The zero-order valence-corrected chi connectivity index (χ0v) is 13.8. The van der Waals surface area contributed by atoms with Gasteiger partial charge in [-0.2, -0.15) is 4.68 Å². The summed E-state index contributed by atoms with van der Waals surface area (Å²) in [4.78, 5) is 4.21. The summed E-state index contributed by atoms with van der Waals surface area (Å²) in [6.45, 7) is 3.28.